The largest absolute Gasteiger partial charge is 0.381 e. The minimum absolute atomic E-state index is 0.143. The van der Waals surface area contributed by atoms with E-state index in [1.807, 2.05) is 6.07 Å². The molecule has 2 aliphatic rings. The normalized spacial score (nSPS) is 25.6. The molecular weight excluding hydrogens is 385 g/mol. The first-order chi connectivity index (χ1) is 9.67. The molecule has 20 heavy (non-hydrogen) atoms. The third kappa shape index (κ3) is 3.42. The zero-order valence-electron chi connectivity index (χ0n) is 11.6. The Morgan fingerprint density at radius 3 is 2.80 bits per heavy atom. The van der Waals surface area contributed by atoms with Crippen LogP contribution < -0.4 is 5.32 Å². The van der Waals surface area contributed by atoms with Crippen LogP contribution in [0.3, 0.4) is 0 Å². The van der Waals surface area contributed by atoms with Crippen molar-refractivity contribution in [2.24, 2.45) is 0 Å². The molecule has 1 spiro atoms. The number of benzene rings is 1. The summed E-state index contributed by atoms with van der Waals surface area (Å²) < 4.78 is 7.32. The van der Waals surface area contributed by atoms with E-state index in [1.165, 1.54) is 35.7 Å². The zero-order valence-corrected chi connectivity index (χ0v) is 14.5. The van der Waals surface area contributed by atoms with Crippen molar-refractivity contribution in [2.75, 3.05) is 11.9 Å². The van der Waals surface area contributed by atoms with Crippen LogP contribution in [0.25, 0.3) is 0 Å². The van der Waals surface area contributed by atoms with Crippen molar-refractivity contribution in [3.05, 3.63) is 26.8 Å². The third-order valence-electron chi connectivity index (χ3n) is 4.55. The molecular formula is C16H21ClINO. The van der Waals surface area contributed by atoms with Crippen LogP contribution in [0.15, 0.2) is 18.2 Å². The summed E-state index contributed by atoms with van der Waals surface area (Å²) in [6.07, 6.45) is 8.65. The topological polar surface area (TPSA) is 21.3 Å². The standard InChI is InChI=1S/C16H21ClINO/c17-14-10-12(18)4-5-15(14)19-13-6-9-20-16(11-13)7-2-1-3-8-16/h4-5,10,13,19H,1-3,6-9,11H2. The lowest BCUT2D eigenvalue weighted by Crippen LogP contribution is -2.45. The fourth-order valence-corrected chi connectivity index (χ4v) is 4.43. The van der Waals surface area contributed by atoms with Gasteiger partial charge < -0.3 is 10.1 Å². The lowest BCUT2D eigenvalue weighted by atomic mass is 9.78. The summed E-state index contributed by atoms with van der Waals surface area (Å²) in [5, 5.41) is 4.45. The van der Waals surface area contributed by atoms with Crippen LogP contribution in [-0.4, -0.2) is 18.2 Å². The second-order valence-corrected chi connectivity index (χ2v) is 7.70. The summed E-state index contributed by atoms with van der Waals surface area (Å²) >= 11 is 8.62. The Bertz CT molecular complexity index is 468. The minimum atomic E-state index is 0.143. The number of ether oxygens (including phenoxy) is 1. The maximum atomic E-state index is 6.33. The van der Waals surface area contributed by atoms with Gasteiger partial charge >= 0.3 is 0 Å². The molecule has 3 rings (SSSR count). The molecule has 2 nitrogen and oxygen atoms in total. The van der Waals surface area contributed by atoms with Crippen LogP contribution >= 0.6 is 34.2 Å². The zero-order chi connectivity index (χ0) is 14.0. The molecule has 1 saturated carbocycles. The Kier molecular flexibility index (Phi) is 4.78. The Hall–Kier alpha value is -0.000000000000000132. The molecule has 0 radical (unpaired) electrons. The molecule has 1 saturated heterocycles. The van der Waals surface area contributed by atoms with Crippen molar-refractivity contribution in [2.45, 2.75) is 56.6 Å². The fourth-order valence-electron chi connectivity index (χ4n) is 3.52. The highest BCUT2D eigenvalue weighted by Gasteiger charge is 2.38. The average Bonchev–Trinajstić information content (AvgIpc) is 2.43. The summed E-state index contributed by atoms with van der Waals surface area (Å²) in [7, 11) is 0. The Labute approximate surface area is 139 Å². The van der Waals surface area contributed by atoms with Crippen molar-refractivity contribution >= 4 is 39.9 Å². The average molecular weight is 406 g/mol. The van der Waals surface area contributed by atoms with E-state index in [9.17, 15) is 0 Å². The molecule has 1 unspecified atom stereocenters. The van der Waals surface area contributed by atoms with Crippen molar-refractivity contribution in [3.8, 4) is 0 Å². The molecule has 1 atom stereocenters. The first-order valence-electron chi connectivity index (χ1n) is 7.52. The summed E-state index contributed by atoms with van der Waals surface area (Å²) in [6, 6.07) is 6.69. The predicted octanol–water partition coefficient (Wildman–Crippen LogP) is 5.24. The molecule has 0 aromatic heterocycles. The molecule has 1 heterocycles. The lowest BCUT2D eigenvalue weighted by molar-refractivity contribution is -0.103. The van der Waals surface area contributed by atoms with Crippen LogP contribution in [0.1, 0.15) is 44.9 Å². The molecule has 0 amide bonds. The van der Waals surface area contributed by atoms with Crippen molar-refractivity contribution in [1.29, 1.82) is 0 Å². The van der Waals surface area contributed by atoms with E-state index in [-0.39, 0.29) is 5.60 Å². The second-order valence-electron chi connectivity index (χ2n) is 6.05. The van der Waals surface area contributed by atoms with Gasteiger partial charge in [-0.3, -0.25) is 0 Å². The van der Waals surface area contributed by atoms with Crippen LogP contribution in [0, 0.1) is 3.57 Å². The van der Waals surface area contributed by atoms with Gasteiger partial charge in [0.1, 0.15) is 0 Å². The summed E-state index contributed by atoms with van der Waals surface area (Å²) in [5.41, 5.74) is 1.20. The maximum Gasteiger partial charge on any atom is 0.0702 e. The number of anilines is 1. The van der Waals surface area contributed by atoms with Gasteiger partial charge in [-0.25, -0.2) is 0 Å². The van der Waals surface area contributed by atoms with Gasteiger partial charge in [0, 0.05) is 16.2 Å². The van der Waals surface area contributed by atoms with E-state index in [1.54, 1.807) is 0 Å². The van der Waals surface area contributed by atoms with Crippen molar-refractivity contribution < 1.29 is 4.74 Å². The van der Waals surface area contributed by atoms with Gasteiger partial charge in [0.15, 0.2) is 0 Å². The molecule has 1 aliphatic heterocycles. The number of rotatable bonds is 2. The minimum Gasteiger partial charge on any atom is -0.381 e. The maximum absolute atomic E-state index is 6.33. The smallest absolute Gasteiger partial charge is 0.0702 e. The molecule has 1 N–H and O–H groups in total. The van der Waals surface area contributed by atoms with E-state index in [0.29, 0.717) is 6.04 Å². The van der Waals surface area contributed by atoms with Crippen molar-refractivity contribution in [3.63, 3.8) is 0 Å². The Morgan fingerprint density at radius 1 is 1.25 bits per heavy atom. The fraction of sp³-hybridized carbons (Fsp3) is 0.625. The summed E-state index contributed by atoms with van der Waals surface area (Å²) in [5.74, 6) is 0. The van der Waals surface area contributed by atoms with Crippen LogP contribution in [0.2, 0.25) is 5.02 Å². The summed E-state index contributed by atoms with van der Waals surface area (Å²) in [4.78, 5) is 0. The number of nitrogens with one attached hydrogen (secondary N) is 1. The second kappa shape index (κ2) is 6.41. The SMILES string of the molecule is Clc1cc(I)ccc1NC1CCOC2(CCCCC2)C1. The Balaban J connectivity index is 1.68. The van der Waals surface area contributed by atoms with Gasteiger partial charge in [0.05, 0.1) is 16.3 Å². The van der Waals surface area contributed by atoms with Gasteiger partial charge in [0.25, 0.3) is 0 Å². The van der Waals surface area contributed by atoms with Crippen LogP contribution in [0.5, 0.6) is 0 Å². The highest BCUT2D eigenvalue weighted by molar-refractivity contribution is 14.1. The van der Waals surface area contributed by atoms with Gasteiger partial charge in [-0.2, -0.15) is 0 Å². The molecule has 4 heteroatoms. The first-order valence-corrected chi connectivity index (χ1v) is 8.98. The number of halogens is 2. The van der Waals surface area contributed by atoms with Gasteiger partial charge in [-0.1, -0.05) is 30.9 Å². The van der Waals surface area contributed by atoms with Crippen molar-refractivity contribution in [1.82, 2.24) is 0 Å². The van der Waals surface area contributed by atoms with Gasteiger partial charge in [0.2, 0.25) is 0 Å². The van der Waals surface area contributed by atoms with E-state index >= 15 is 0 Å². The van der Waals surface area contributed by atoms with E-state index in [0.717, 1.165) is 30.2 Å². The van der Waals surface area contributed by atoms with Crippen LogP contribution in [-0.2, 0) is 4.74 Å². The summed E-state index contributed by atoms with van der Waals surface area (Å²) in [6.45, 7) is 0.875. The monoisotopic (exact) mass is 405 g/mol. The molecule has 110 valence electrons. The van der Waals surface area contributed by atoms with Crippen LogP contribution in [0.4, 0.5) is 5.69 Å². The number of hydrogen-bond acceptors (Lipinski definition) is 2. The van der Waals surface area contributed by atoms with Gasteiger partial charge in [-0.15, -0.1) is 0 Å². The Morgan fingerprint density at radius 2 is 2.05 bits per heavy atom. The lowest BCUT2D eigenvalue weighted by Gasteiger charge is -2.44. The molecule has 2 fully saturated rings. The third-order valence-corrected chi connectivity index (χ3v) is 5.53. The van der Waals surface area contributed by atoms with E-state index in [4.69, 9.17) is 16.3 Å². The highest BCUT2D eigenvalue weighted by Crippen LogP contribution is 2.39. The molecule has 1 aromatic carbocycles. The van der Waals surface area contributed by atoms with E-state index in [2.05, 4.69) is 40.0 Å². The number of hydrogen-bond donors (Lipinski definition) is 1. The van der Waals surface area contributed by atoms with Gasteiger partial charge in [-0.05, 0) is 66.5 Å². The highest BCUT2D eigenvalue weighted by atomic mass is 127. The predicted molar refractivity (Wildman–Crippen MR) is 92.6 cm³/mol. The molecule has 0 bridgehead atoms. The molecule has 1 aromatic rings. The molecule has 1 aliphatic carbocycles. The first kappa shape index (κ1) is 14.9. The quantitative estimate of drug-likeness (QED) is 0.680. The van der Waals surface area contributed by atoms with E-state index < -0.39 is 0 Å².